The lowest BCUT2D eigenvalue weighted by Crippen LogP contribution is -2.17. The molecular formula is C10H4BrN2O4S2-. The van der Waals surface area contributed by atoms with Crippen molar-refractivity contribution in [2.45, 2.75) is 0 Å². The van der Waals surface area contributed by atoms with E-state index in [1.165, 1.54) is 12.1 Å². The predicted octanol–water partition coefficient (Wildman–Crippen LogP) is 1.92. The van der Waals surface area contributed by atoms with E-state index in [4.69, 9.17) is 12.2 Å². The summed E-state index contributed by atoms with van der Waals surface area (Å²) in [6.45, 7) is 0. The largest absolute Gasteiger partial charge is 0.867 e. The number of halogens is 1. The van der Waals surface area contributed by atoms with Crippen LogP contribution in [0.1, 0.15) is 5.56 Å². The molecule has 19 heavy (non-hydrogen) atoms. The van der Waals surface area contributed by atoms with Crippen LogP contribution in [0.3, 0.4) is 0 Å². The van der Waals surface area contributed by atoms with Gasteiger partial charge in [-0.05, 0) is 23.5 Å². The molecule has 1 N–H and O–H groups in total. The number of rotatable bonds is 2. The van der Waals surface area contributed by atoms with Crippen molar-refractivity contribution in [3.63, 3.8) is 0 Å². The van der Waals surface area contributed by atoms with Crippen molar-refractivity contribution in [2.75, 3.05) is 0 Å². The first-order valence-corrected chi connectivity index (χ1v) is 6.80. The minimum absolute atomic E-state index is 0.0690. The summed E-state index contributed by atoms with van der Waals surface area (Å²) in [6, 6.07) is 2.53. The van der Waals surface area contributed by atoms with E-state index >= 15 is 0 Å². The molecule has 1 aliphatic rings. The maximum atomic E-state index is 11.5. The van der Waals surface area contributed by atoms with E-state index in [1.807, 2.05) is 0 Å². The van der Waals surface area contributed by atoms with Crippen molar-refractivity contribution in [2.24, 2.45) is 0 Å². The minimum atomic E-state index is -0.762. The Morgan fingerprint density at radius 2 is 2.16 bits per heavy atom. The van der Waals surface area contributed by atoms with E-state index < -0.39 is 16.4 Å². The first-order chi connectivity index (χ1) is 8.88. The number of carbonyl (C=O) groups excluding carboxylic acids is 1. The van der Waals surface area contributed by atoms with Gasteiger partial charge in [0.2, 0.25) is 0 Å². The molecule has 0 aliphatic carbocycles. The number of nitro benzene ring substituents is 1. The number of thiocarbonyl (C=S) groups is 1. The van der Waals surface area contributed by atoms with Crippen LogP contribution in [0.5, 0.6) is 5.75 Å². The van der Waals surface area contributed by atoms with E-state index in [9.17, 15) is 20.0 Å². The maximum Gasteiger partial charge on any atom is 0.263 e. The van der Waals surface area contributed by atoms with Crippen molar-refractivity contribution >= 4 is 61.9 Å². The minimum Gasteiger partial charge on any atom is -0.867 e. The van der Waals surface area contributed by atoms with Crippen molar-refractivity contribution in [3.8, 4) is 5.75 Å². The summed E-state index contributed by atoms with van der Waals surface area (Å²) in [4.78, 5) is 21.8. The number of nitrogens with one attached hydrogen (secondary N) is 1. The SMILES string of the molecule is O=C1NC(=S)S/C1=C\c1cc(Br)c([O-])c([N+](=O)[O-])c1. The summed E-state index contributed by atoms with van der Waals surface area (Å²) in [7, 11) is 0. The molecule has 1 heterocycles. The zero-order valence-corrected chi connectivity index (χ0v) is 12.2. The van der Waals surface area contributed by atoms with Gasteiger partial charge in [0.05, 0.1) is 9.83 Å². The molecule has 0 radical (unpaired) electrons. The first-order valence-electron chi connectivity index (χ1n) is 4.78. The number of carbonyl (C=O) groups is 1. The average Bonchev–Trinajstić information content (AvgIpc) is 2.62. The standard InChI is InChI=1S/C10H5BrN2O4S2/c11-5-1-4(2-6(8(5)14)13(16)17)3-7-9(15)12-10(18)19-7/h1-3,14H,(H,12,15,18)/p-1/b7-3-. The molecule has 0 saturated carbocycles. The van der Waals surface area contributed by atoms with Gasteiger partial charge in [-0.2, -0.15) is 0 Å². The van der Waals surface area contributed by atoms with Crippen LogP contribution in [0, 0.1) is 10.1 Å². The fraction of sp³-hybridized carbons (Fsp3) is 0. The number of amides is 1. The fourth-order valence-electron chi connectivity index (χ4n) is 1.39. The molecule has 0 unspecified atom stereocenters. The molecule has 1 fully saturated rings. The van der Waals surface area contributed by atoms with Crippen LogP contribution in [-0.4, -0.2) is 15.2 Å². The van der Waals surface area contributed by atoms with Gasteiger partial charge in [-0.15, -0.1) is 0 Å². The highest BCUT2D eigenvalue weighted by molar-refractivity contribution is 9.10. The number of benzene rings is 1. The van der Waals surface area contributed by atoms with Gasteiger partial charge in [-0.25, -0.2) is 0 Å². The quantitative estimate of drug-likeness (QED) is 0.375. The van der Waals surface area contributed by atoms with Crippen LogP contribution in [-0.2, 0) is 4.79 Å². The molecule has 9 heteroatoms. The van der Waals surface area contributed by atoms with Crippen LogP contribution in [0.2, 0.25) is 0 Å². The molecule has 0 atom stereocenters. The Balaban J connectivity index is 2.47. The van der Waals surface area contributed by atoms with Gasteiger partial charge in [-0.3, -0.25) is 14.9 Å². The highest BCUT2D eigenvalue weighted by Crippen LogP contribution is 2.34. The molecular weight excluding hydrogens is 356 g/mol. The summed E-state index contributed by atoms with van der Waals surface area (Å²) in [5, 5.41) is 24.7. The molecule has 1 aromatic carbocycles. The Kier molecular flexibility index (Phi) is 3.88. The van der Waals surface area contributed by atoms with Crippen molar-refractivity contribution in [1.82, 2.24) is 5.32 Å². The lowest BCUT2D eigenvalue weighted by molar-refractivity contribution is -0.398. The molecule has 1 saturated heterocycles. The van der Waals surface area contributed by atoms with Gasteiger partial charge in [0, 0.05) is 10.5 Å². The van der Waals surface area contributed by atoms with Gasteiger partial charge in [0.25, 0.3) is 11.6 Å². The molecule has 1 amide bonds. The van der Waals surface area contributed by atoms with E-state index in [0.717, 1.165) is 17.8 Å². The average molecular weight is 360 g/mol. The second-order valence-electron chi connectivity index (χ2n) is 3.46. The summed E-state index contributed by atoms with van der Waals surface area (Å²) in [6.07, 6.45) is 1.44. The lowest BCUT2D eigenvalue weighted by Gasteiger charge is -2.10. The van der Waals surface area contributed by atoms with Crippen molar-refractivity contribution in [1.29, 1.82) is 0 Å². The second-order valence-corrected chi connectivity index (χ2v) is 6.03. The van der Waals surface area contributed by atoms with Gasteiger partial charge in [0.1, 0.15) is 4.32 Å². The zero-order chi connectivity index (χ0) is 14.2. The third-order valence-corrected chi connectivity index (χ3v) is 3.93. The van der Waals surface area contributed by atoms with Gasteiger partial charge >= 0.3 is 0 Å². The smallest absolute Gasteiger partial charge is 0.263 e. The maximum absolute atomic E-state index is 11.5. The van der Waals surface area contributed by atoms with Crippen LogP contribution >= 0.6 is 39.9 Å². The van der Waals surface area contributed by atoms with Gasteiger partial charge in [-0.1, -0.05) is 39.9 Å². The molecule has 98 valence electrons. The van der Waals surface area contributed by atoms with Crippen LogP contribution in [0.25, 0.3) is 6.08 Å². The zero-order valence-electron chi connectivity index (χ0n) is 9.01. The fourth-order valence-corrected chi connectivity index (χ4v) is 2.90. The summed E-state index contributed by atoms with van der Waals surface area (Å²) in [5.41, 5.74) is -0.173. The molecule has 6 nitrogen and oxygen atoms in total. The second kappa shape index (κ2) is 5.27. The molecule has 2 rings (SSSR count). The van der Waals surface area contributed by atoms with Crippen LogP contribution in [0.15, 0.2) is 21.5 Å². The Morgan fingerprint density at radius 3 is 2.68 bits per heavy atom. The topological polar surface area (TPSA) is 95.3 Å². The highest BCUT2D eigenvalue weighted by Gasteiger charge is 2.22. The normalized spacial score (nSPS) is 16.8. The number of nitro groups is 1. The first kappa shape index (κ1) is 14.0. The molecule has 0 aromatic heterocycles. The van der Waals surface area contributed by atoms with Crippen LogP contribution < -0.4 is 10.4 Å². The summed E-state index contributed by atoms with van der Waals surface area (Å²) in [5.74, 6) is -1.06. The highest BCUT2D eigenvalue weighted by atomic mass is 79.9. The number of thioether (sulfide) groups is 1. The molecule has 1 aromatic rings. The van der Waals surface area contributed by atoms with Gasteiger partial charge in [0.15, 0.2) is 0 Å². The molecule has 1 aliphatic heterocycles. The van der Waals surface area contributed by atoms with E-state index in [1.54, 1.807) is 0 Å². The van der Waals surface area contributed by atoms with Crippen LogP contribution in [0.4, 0.5) is 5.69 Å². The Bertz CT molecular complexity index is 645. The monoisotopic (exact) mass is 359 g/mol. The van der Waals surface area contributed by atoms with Crippen molar-refractivity contribution < 1.29 is 14.8 Å². The number of hydrogen-bond acceptors (Lipinski definition) is 6. The Labute approximate surface area is 125 Å². The third-order valence-electron chi connectivity index (χ3n) is 2.18. The lowest BCUT2D eigenvalue weighted by atomic mass is 10.1. The number of nitrogens with zero attached hydrogens (tertiary/aromatic N) is 1. The molecule has 0 spiro atoms. The summed E-state index contributed by atoms with van der Waals surface area (Å²) < 4.78 is 0.393. The van der Waals surface area contributed by atoms with Gasteiger partial charge < -0.3 is 10.4 Å². The van der Waals surface area contributed by atoms with E-state index in [2.05, 4.69) is 21.2 Å². The summed E-state index contributed by atoms with van der Waals surface area (Å²) >= 11 is 8.85. The predicted molar refractivity (Wildman–Crippen MR) is 76.6 cm³/mol. The van der Waals surface area contributed by atoms with Crippen molar-refractivity contribution in [3.05, 3.63) is 37.2 Å². The Morgan fingerprint density at radius 1 is 1.47 bits per heavy atom. The molecule has 0 bridgehead atoms. The Hall–Kier alpha value is -1.45. The number of hydrogen-bond donors (Lipinski definition) is 1. The third kappa shape index (κ3) is 2.94. The van der Waals surface area contributed by atoms with E-state index in [0.29, 0.717) is 14.8 Å². The van der Waals surface area contributed by atoms with E-state index in [-0.39, 0.29) is 10.4 Å².